The first-order valence-electron chi connectivity index (χ1n) is 11.1. The molecule has 0 fully saturated rings. The number of hydrogen-bond acceptors (Lipinski definition) is 5. The Morgan fingerprint density at radius 1 is 1.14 bits per heavy atom. The third-order valence-corrected chi connectivity index (χ3v) is 7.67. The Hall–Kier alpha value is -3.05. The smallest absolute Gasteiger partial charge is 0.497 e. The average molecular weight is 509 g/mol. The van der Waals surface area contributed by atoms with Gasteiger partial charge in [-0.25, -0.2) is 13.4 Å². The number of aryl methyl sites for hydroxylation is 2. The molecule has 4 rings (SSSR count). The molecule has 3 aromatic rings. The third-order valence-electron chi connectivity index (χ3n) is 6.13. The Morgan fingerprint density at radius 2 is 1.89 bits per heavy atom. The maximum absolute atomic E-state index is 13.6. The highest BCUT2D eigenvalue weighted by molar-refractivity contribution is 7.89. The number of aromatic nitrogens is 2. The second-order valence-corrected chi connectivity index (χ2v) is 10.5. The number of alkyl halides is 3. The number of rotatable bonds is 7. The first-order valence-corrected chi connectivity index (χ1v) is 12.5. The van der Waals surface area contributed by atoms with Crippen LogP contribution in [0.3, 0.4) is 0 Å². The van der Waals surface area contributed by atoms with Gasteiger partial charge >= 0.3 is 15.5 Å². The molecule has 0 N–H and O–H groups in total. The van der Waals surface area contributed by atoms with Gasteiger partial charge in [-0.2, -0.15) is 17.5 Å². The summed E-state index contributed by atoms with van der Waals surface area (Å²) in [5.41, 5.74) is -2.54. The van der Waals surface area contributed by atoms with Crippen LogP contribution in [-0.2, 0) is 36.6 Å². The van der Waals surface area contributed by atoms with E-state index in [0.717, 1.165) is 11.3 Å². The summed E-state index contributed by atoms with van der Waals surface area (Å²) in [5, 5.41) is 0. The lowest BCUT2D eigenvalue weighted by atomic mass is 10.0. The van der Waals surface area contributed by atoms with E-state index in [0.29, 0.717) is 40.7 Å². The van der Waals surface area contributed by atoms with Gasteiger partial charge in [0.25, 0.3) is 0 Å². The van der Waals surface area contributed by atoms with Gasteiger partial charge in [-0.3, -0.25) is 0 Å². The zero-order chi connectivity index (χ0) is 25.2. The molecule has 0 amide bonds. The van der Waals surface area contributed by atoms with E-state index in [9.17, 15) is 21.6 Å². The Bertz CT molecular complexity index is 1260. The van der Waals surface area contributed by atoms with Gasteiger partial charge in [0.05, 0.1) is 25.7 Å². The first-order chi connectivity index (χ1) is 16.6. The van der Waals surface area contributed by atoms with Crippen LogP contribution in [0.1, 0.15) is 23.2 Å². The number of sulfonamides is 1. The second kappa shape index (κ2) is 9.90. The molecule has 0 spiro atoms. The molecule has 7 nitrogen and oxygen atoms in total. The van der Waals surface area contributed by atoms with E-state index < -0.39 is 28.1 Å². The van der Waals surface area contributed by atoms with Gasteiger partial charge in [-0.15, -0.1) is 0 Å². The Morgan fingerprint density at radius 3 is 2.51 bits per heavy atom. The van der Waals surface area contributed by atoms with E-state index in [1.165, 1.54) is 7.11 Å². The molecule has 0 aliphatic carbocycles. The maximum Gasteiger partial charge on any atom is 0.511 e. The van der Waals surface area contributed by atoms with Crippen molar-refractivity contribution in [2.24, 2.45) is 7.05 Å². The fourth-order valence-electron chi connectivity index (χ4n) is 4.37. The minimum Gasteiger partial charge on any atom is -0.497 e. The lowest BCUT2D eigenvalue weighted by Crippen LogP contribution is -2.47. The van der Waals surface area contributed by atoms with Gasteiger partial charge < -0.3 is 14.2 Å². The van der Waals surface area contributed by atoms with Gasteiger partial charge in [0, 0.05) is 38.1 Å². The van der Waals surface area contributed by atoms with Crippen molar-refractivity contribution < 1.29 is 26.3 Å². The maximum atomic E-state index is 13.6. The zero-order valence-electron chi connectivity index (χ0n) is 19.4. The van der Waals surface area contributed by atoms with Crippen LogP contribution in [0.15, 0.2) is 61.1 Å². The molecular formula is C24H27F3N4O3S. The summed E-state index contributed by atoms with van der Waals surface area (Å²) < 4.78 is 73.6. The van der Waals surface area contributed by atoms with Crippen molar-refractivity contribution in [1.82, 2.24) is 13.9 Å². The average Bonchev–Trinajstić information content (AvgIpc) is 3.16. The van der Waals surface area contributed by atoms with Crippen LogP contribution < -0.4 is 9.64 Å². The number of halogens is 3. The van der Waals surface area contributed by atoms with Crippen LogP contribution in [0.2, 0.25) is 0 Å². The molecule has 1 aliphatic rings. The van der Waals surface area contributed by atoms with Gasteiger partial charge in [0.1, 0.15) is 5.75 Å². The fourth-order valence-corrected chi connectivity index (χ4v) is 5.34. The lowest BCUT2D eigenvalue weighted by Gasteiger charge is -2.34. The molecule has 1 aromatic heterocycles. The number of fused-ring (bicyclic) bond motifs is 1. The molecule has 1 unspecified atom stereocenters. The Balaban J connectivity index is 1.78. The number of methoxy groups -OCH3 is 1. The van der Waals surface area contributed by atoms with Crippen LogP contribution >= 0.6 is 0 Å². The number of benzene rings is 2. The van der Waals surface area contributed by atoms with Crippen molar-refractivity contribution >= 4 is 15.7 Å². The Labute approximate surface area is 202 Å². The predicted molar refractivity (Wildman–Crippen MR) is 126 cm³/mol. The van der Waals surface area contributed by atoms with Crippen molar-refractivity contribution in [1.29, 1.82) is 0 Å². The molecule has 11 heteroatoms. The van der Waals surface area contributed by atoms with Crippen LogP contribution in [0, 0.1) is 0 Å². The quantitative estimate of drug-likeness (QED) is 0.481. The minimum absolute atomic E-state index is 0.307. The standard InChI is InChI=1S/C24H27F3N4O3S/c1-29-14-20(28-17-29)15-31-21(9-8-18-6-4-3-5-7-18)16-30(35(32,33)24(25,26)27)13-19-12-22(34-2)10-11-23(19)31/h3-7,10-12,14,17,21H,8-9,13,15-16H2,1-2H3. The molecule has 0 saturated carbocycles. The van der Waals surface area contributed by atoms with E-state index >= 15 is 0 Å². The zero-order valence-corrected chi connectivity index (χ0v) is 20.3. The first kappa shape index (κ1) is 25.1. The Kier molecular flexibility index (Phi) is 7.09. The number of anilines is 1. The fraction of sp³-hybridized carbons (Fsp3) is 0.375. The van der Waals surface area contributed by atoms with E-state index in [-0.39, 0.29) is 6.54 Å². The molecule has 35 heavy (non-hydrogen) atoms. The van der Waals surface area contributed by atoms with E-state index in [2.05, 4.69) is 4.98 Å². The van der Waals surface area contributed by atoms with Gasteiger partial charge in [-0.1, -0.05) is 30.3 Å². The van der Waals surface area contributed by atoms with Crippen LogP contribution in [-0.4, -0.2) is 47.5 Å². The van der Waals surface area contributed by atoms with E-state index in [4.69, 9.17) is 4.74 Å². The van der Waals surface area contributed by atoms with Gasteiger partial charge in [0.15, 0.2) is 0 Å². The third kappa shape index (κ3) is 5.46. The molecule has 0 bridgehead atoms. The summed E-state index contributed by atoms with van der Waals surface area (Å²) in [6.07, 6.45) is 4.52. The normalized spacial score (nSPS) is 17.2. The van der Waals surface area contributed by atoms with Crippen LogP contribution in [0.25, 0.3) is 0 Å². The monoisotopic (exact) mass is 508 g/mol. The van der Waals surface area contributed by atoms with Gasteiger partial charge in [-0.05, 0) is 42.2 Å². The predicted octanol–water partition coefficient (Wildman–Crippen LogP) is 4.10. The highest BCUT2D eigenvalue weighted by Gasteiger charge is 2.51. The summed E-state index contributed by atoms with van der Waals surface area (Å²) >= 11 is 0. The van der Waals surface area contributed by atoms with Crippen molar-refractivity contribution in [2.75, 3.05) is 18.6 Å². The molecule has 2 aromatic carbocycles. The topological polar surface area (TPSA) is 67.7 Å². The number of imidazole rings is 1. The summed E-state index contributed by atoms with van der Waals surface area (Å²) in [4.78, 5) is 6.36. The molecule has 188 valence electrons. The highest BCUT2D eigenvalue weighted by Crippen LogP contribution is 2.37. The number of hydrogen-bond donors (Lipinski definition) is 0. The van der Waals surface area contributed by atoms with E-state index in [1.54, 1.807) is 29.1 Å². The summed E-state index contributed by atoms with van der Waals surface area (Å²) in [5.74, 6) is 0.439. The molecular weight excluding hydrogens is 481 g/mol. The van der Waals surface area contributed by atoms with E-state index in [1.807, 2.05) is 48.5 Å². The summed E-state index contributed by atoms with van der Waals surface area (Å²) in [6, 6.07) is 14.2. The highest BCUT2D eigenvalue weighted by atomic mass is 32.2. The largest absolute Gasteiger partial charge is 0.511 e. The van der Waals surface area contributed by atoms with Crippen molar-refractivity contribution in [3.63, 3.8) is 0 Å². The van der Waals surface area contributed by atoms with Gasteiger partial charge in [0.2, 0.25) is 0 Å². The SMILES string of the molecule is COc1ccc2c(c1)CN(S(=O)(=O)C(F)(F)F)CC(CCc1ccccc1)N2Cc1cn(C)cn1. The molecule has 2 heterocycles. The second-order valence-electron chi connectivity index (χ2n) is 8.57. The molecule has 1 aliphatic heterocycles. The summed E-state index contributed by atoms with van der Waals surface area (Å²) in [7, 11) is -2.26. The molecule has 1 atom stereocenters. The van der Waals surface area contributed by atoms with Crippen LogP contribution in [0.4, 0.5) is 18.9 Å². The number of nitrogens with zero attached hydrogens (tertiary/aromatic N) is 4. The summed E-state index contributed by atoms with van der Waals surface area (Å²) in [6.45, 7) is -0.396. The minimum atomic E-state index is -5.55. The van der Waals surface area contributed by atoms with Crippen molar-refractivity contribution in [2.45, 2.75) is 37.5 Å². The van der Waals surface area contributed by atoms with Crippen molar-refractivity contribution in [3.8, 4) is 5.75 Å². The number of ether oxygens (including phenoxy) is 1. The van der Waals surface area contributed by atoms with Crippen LogP contribution in [0.5, 0.6) is 5.75 Å². The molecule has 0 radical (unpaired) electrons. The molecule has 0 saturated heterocycles. The lowest BCUT2D eigenvalue weighted by molar-refractivity contribution is -0.0492. The van der Waals surface area contributed by atoms with Crippen molar-refractivity contribution in [3.05, 3.63) is 77.9 Å².